The van der Waals surface area contributed by atoms with Gasteiger partial charge in [-0.2, -0.15) is 0 Å². The van der Waals surface area contributed by atoms with Crippen molar-refractivity contribution in [2.75, 3.05) is 13.7 Å². The van der Waals surface area contributed by atoms with E-state index >= 15 is 0 Å². The van der Waals surface area contributed by atoms with Crippen molar-refractivity contribution >= 4 is 11.9 Å². The number of nitrogens with one attached hydrogen (secondary N) is 1. The van der Waals surface area contributed by atoms with Crippen LogP contribution in [-0.4, -0.2) is 41.2 Å². The quantitative estimate of drug-likeness (QED) is 0.834. The lowest BCUT2D eigenvalue weighted by Crippen LogP contribution is -2.54. The first kappa shape index (κ1) is 15.4. The van der Waals surface area contributed by atoms with Crippen LogP contribution in [0.2, 0.25) is 0 Å². The molecule has 0 bridgehead atoms. The summed E-state index contributed by atoms with van der Waals surface area (Å²) in [4.78, 5) is 27.3. The minimum absolute atomic E-state index is 0.115. The smallest absolute Gasteiger partial charge is 0.337 e. The Morgan fingerprint density at radius 3 is 2.62 bits per heavy atom. The number of rotatable bonds is 6. The second-order valence-electron chi connectivity index (χ2n) is 5.47. The molecule has 2 N–H and O–H groups in total. The summed E-state index contributed by atoms with van der Waals surface area (Å²) in [7, 11) is 1.64. The normalized spacial score (nSPS) is 16.1. The number of hydrogen-bond acceptors (Lipinski definition) is 4. The van der Waals surface area contributed by atoms with Crippen LogP contribution in [0.1, 0.15) is 52.2 Å². The van der Waals surface area contributed by atoms with Gasteiger partial charge in [-0.25, -0.2) is 9.78 Å². The fourth-order valence-electron chi connectivity index (χ4n) is 2.56. The number of methoxy groups -OCH3 is 1. The van der Waals surface area contributed by atoms with Crippen LogP contribution in [-0.2, 0) is 4.74 Å². The molecule has 21 heavy (non-hydrogen) atoms. The number of carbonyl (C=O) groups is 2. The molecule has 0 aromatic carbocycles. The highest BCUT2D eigenvalue weighted by molar-refractivity contribution is 5.94. The van der Waals surface area contributed by atoms with Crippen molar-refractivity contribution in [2.24, 2.45) is 0 Å². The SMILES string of the molecule is COCCC1(NC(=O)c2ccc(C(=O)O)c(C)n2)CCC1. The minimum Gasteiger partial charge on any atom is -0.478 e. The zero-order chi connectivity index (χ0) is 15.5. The van der Waals surface area contributed by atoms with E-state index in [1.54, 1.807) is 14.0 Å². The van der Waals surface area contributed by atoms with Crippen molar-refractivity contribution in [3.63, 3.8) is 0 Å². The largest absolute Gasteiger partial charge is 0.478 e. The fourth-order valence-corrected chi connectivity index (χ4v) is 2.56. The summed E-state index contributed by atoms with van der Waals surface area (Å²) < 4.78 is 5.09. The molecule has 1 aromatic heterocycles. The molecule has 1 aromatic rings. The Balaban J connectivity index is 2.09. The lowest BCUT2D eigenvalue weighted by Gasteiger charge is -2.42. The van der Waals surface area contributed by atoms with Crippen molar-refractivity contribution in [2.45, 2.75) is 38.1 Å². The molecule has 1 heterocycles. The van der Waals surface area contributed by atoms with Gasteiger partial charge in [0.05, 0.1) is 11.3 Å². The van der Waals surface area contributed by atoms with E-state index in [2.05, 4.69) is 10.3 Å². The zero-order valence-electron chi connectivity index (χ0n) is 12.3. The molecule has 0 saturated heterocycles. The van der Waals surface area contributed by atoms with Crippen molar-refractivity contribution in [3.05, 3.63) is 29.1 Å². The molecule has 1 fully saturated rings. The Bertz CT molecular complexity index is 553. The monoisotopic (exact) mass is 292 g/mol. The van der Waals surface area contributed by atoms with Crippen LogP contribution < -0.4 is 5.32 Å². The molecular formula is C15H20N2O4. The first-order valence-electron chi connectivity index (χ1n) is 7.00. The van der Waals surface area contributed by atoms with E-state index in [0.29, 0.717) is 12.3 Å². The molecule has 0 aliphatic heterocycles. The summed E-state index contributed by atoms with van der Waals surface area (Å²) in [5.41, 5.74) is 0.508. The molecule has 0 spiro atoms. The van der Waals surface area contributed by atoms with Crippen LogP contribution in [0.5, 0.6) is 0 Å². The van der Waals surface area contributed by atoms with E-state index < -0.39 is 5.97 Å². The van der Waals surface area contributed by atoms with E-state index in [1.807, 2.05) is 0 Å². The van der Waals surface area contributed by atoms with E-state index in [9.17, 15) is 9.59 Å². The highest BCUT2D eigenvalue weighted by Crippen LogP contribution is 2.35. The van der Waals surface area contributed by atoms with E-state index in [1.165, 1.54) is 12.1 Å². The molecule has 0 atom stereocenters. The molecule has 6 nitrogen and oxygen atoms in total. The van der Waals surface area contributed by atoms with Gasteiger partial charge in [-0.3, -0.25) is 4.79 Å². The first-order valence-corrected chi connectivity index (χ1v) is 7.00. The van der Waals surface area contributed by atoms with Crippen molar-refractivity contribution in [3.8, 4) is 0 Å². The van der Waals surface area contributed by atoms with Crippen LogP contribution in [0.4, 0.5) is 0 Å². The number of carboxylic acids is 1. The summed E-state index contributed by atoms with van der Waals surface area (Å²) >= 11 is 0. The predicted octanol–water partition coefficient (Wildman–Crippen LogP) is 1.78. The highest BCUT2D eigenvalue weighted by Gasteiger charge is 2.38. The molecule has 0 unspecified atom stereocenters. The van der Waals surface area contributed by atoms with Crippen molar-refractivity contribution in [1.82, 2.24) is 10.3 Å². The average Bonchev–Trinajstić information content (AvgIpc) is 2.40. The highest BCUT2D eigenvalue weighted by atomic mass is 16.5. The Morgan fingerprint density at radius 1 is 1.43 bits per heavy atom. The van der Waals surface area contributed by atoms with Gasteiger partial charge in [0, 0.05) is 19.3 Å². The number of amides is 1. The topological polar surface area (TPSA) is 88.5 Å². The van der Waals surface area contributed by atoms with Gasteiger partial charge in [-0.1, -0.05) is 0 Å². The van der Waals surface area contributed by atoms with E-state index in [0.717, 1.165) is 25.7 Å². The van der Waals surface area contributed by atoms with Crippen LogP contribution >= 0.6 is 0 Å². The van der Waals surface area contributed by atoms with Gasteiger partial charge in [-0.15, -0.1) is 0 Å². The fraction of sp³-hybridized carbons (Fsp3) is 0.533. The average molecular weight is 292 g/mol. The van der Waals surface area contributed by atoms with Crippen molar-refractivity contribution < 1.29 is 19.4 Å². The van der Waals surface area contributed by atoms with Gasteiger partial charge in [0.2, 0.25) is 0 Å². The Hall–Kier alpha value is -1.95. The third kappa shape index (κ3) is 3.39. The second kappa shape index (κ2) is 6.22. The lowest BCUT2D eigenvalue weighted by molar-refractivity contribution is 0.0688. The molecule has 114 valence electrons. The molecule has 0 radical (unpaired) electrons. The van der Waals surface area contributed by atoms with E-state index in [4.69, 9.17) is 9.84 Å². The number of aromatic carboxylic acids is 1. The minimum atomic E-state index is -1.04. The van der Waals surface area contributed by atoms with E-state index in [-0.39, 0.29) is 22.7 Å². The number of aromatic nitrogens is 1. The van der Waals surface area contributed by atoms with Gasteiger partial charge in [0.1, 0.15) is 5.69 Å². The number of carbonyl (C=O) groups excluding carboxylic acids is 1. The van der Waals surface area contributed by atoms with Gasteiger partial charge >= 0.3 is 5.97 Å². The number of carboxylic acid groups (broad SMARTS) is 1. The van der Waals surface area contributed by atoms with Crippen molar-refractivity contribution in [1.29, 1.82) is 0 Å². The molecule has 2 rings (SSSR count). The molecule has 1 aliphatic rings. The predicted molar refractivity (Wildman–Crippen MR) is 76.5 cm³/mol. The lowest BCUT2D eigenvalue weighted by atomic mass is 9.74. The number of pyridine rings is 1. The Kier molecular flexibility index (Phi) is 4.57. The molecule has 1 saturated carbocycles. The number of hydrogen-bond donors (Lipinski definition) is 2. The summed E-state index contributed by atoms with van der Waals surface area (Å²) in [6, 6.07) is 2.87. The molecule has 6 heteroatoms. The van der Waals surface area contributed by atoms with Gasteiger partial charge in [0.15, 0.2) is 0 Å². The number of aryl methyl sites for hydroxylation is 1. The third-order valence-electron chi connectivity index (χ3n) is 4.02. The van der Waals surface area contributed by atoms with Crippen LogP contribution in [0, 0.1) is 6.92 Å². The summed E-state index contributed by atoms with van der Waals surface area (Å²) in [6.45, 7) is 2.19. The number of nitrogens with zero attached hydrogens (tertiary/aromatic N) is 1. The summed E-state index contributed by atoms with van der Waals surface area (Å²) in [5.74, 6) is -1.30. The molecule has 1 amide bonds. The van der Waals surface area contributed by atoms with Gasteiger partial charge < -0.3 is 15.2 Å². The van der Waals surface area contributed by atoms with Crippen LogP contribution in [0.15, 0.2) is 12.1 Å². The third-order valence-corrected chi connectivity index (χ3v) is 4.02. The number of ether oxygens (including phenoxy) is 1. The maximum absolute atomic E-state index is 12.3. The summed E-state index contributed by atoms with van der Waals surface area (Å²) in [5, 5.41) is 12.0. The second-order valence-corrected chi connectivity index (χ2v) is 5.47. The zero-order valence-corrected chi connectivity index (χ0v) is 12.3. The maximum atomic E-state index is 12.3. The Labute approximate surface area is 123 Å². The first-order chi connectivity index (χ1) is 9.97. The van der Waals surface area contributed by atoms with Crippen LogP contribution in [0.25, 0.3) is 0 Å². The van der Waals surface area contributed by atoms with Gasteiger partial charge in [0.25, 0.3) is 5.91 Å². The van der Waals surface area contributed by atoms with Crippen LogP contribution in [0.3, 0.4) is 0 Å². The standard InChI is InChI=1S/C15H20N2O4/c1-10-11(14(19)20)4-5-12(16-10)13(18)17-15(6-3-7-15)8-9-21-2/h4-5H,3,6-9H2,1-2H3,(H,17,18)(H,19,20). The maximum Gasteiger partial charge on any atom is 0.337 e. The molecular weight excluding hydrogens is 272 g/mol. The van der Waals surface area contributed by atoms with Gasteiger partial charge in [-0.05, 0) is 44.7 Å². The summed E-state index contributed by atoms with van der Waals surface area (Å²) in [6.07, 6.45) is 3.75. The molecule has 1 aliphatic carbocycles. The Morgan fingerprint density at radius 2 is 2.14 bits per heavy atom.